The molecule has 0 spiro atoms. The van der Waals surface area contributed by atoms with E-state index >= 15 is 0 Å². The van der Waals surface area contributed by atoms with Gasteiger partial charge in [-0.3, -0.25) is 19.4 Å². The van der Waals surface area contributed by atoms with Gasteiger partial charge in [0.1, 0.15) is 0 Å². The van der Waals surface area contributed by atoms with Gasteiger partial charge in [-0.2, -0.15) is 0 Å². The maximum absolute atomic E-state index is 13.2. The van der Waals surface area contributed by atoms with Crippen LogP contribution in [0.5, 0.6) is 0 Å². The molecule has 1 atom stereocenters. The van der Waals surface area contributed by atoms with Crippen LogP contribution in [0.1, 0.15) is 46.8 Å². The fraction of sp³-hybridized carbons (Fsp3) is 0.250. The SMILES string of the molecule is CN=C/C(=C(/C)N)c1cc(C2(NC(=O)c3ccccc3CNC(=O)C=O)CC2)ccc1P. The van der Waals surface area contributed by atoms with Crippen molar-refractivity contribution in [2.24, 2.45) is 10.7 Å². The van der Waals surface area contributed by atoms with Gasteiger partial charge in [0.2, 0.25) is 6.29 Å². The first kappa shape index (κ1) is 23.4. The molecule has 7 nitrogen and oxygen atoms in total. The summed E-state index contributed by atoms with van der Waals surface area (Å²) < 4.78 is 0. The van der Waals surface area contributed by atoms with Crippen LogP contribution in [-0.4, -0.2) is 31.4 Å². The highest BCUT2D eigenvalue weighted by molar-refractivity contribution is 7.27. The predicted molar refractivity (Wildman–Crippen MR) is 130 cm³/mol. The van der Waals surface area contributed by atoms with E-state index in [4.69, 9.17) is 5.73 Å². The van der Waals surface area contributed by atoms with Gasteiger partial charge in [-0.1, -0.05) is 30.3 Å². The van der Waals surface area contributed by atoms with E-state index in [1.54, 1.807) is 37.5 Å². The number of amides is 2. The zero-order chi connectivity index (χ0) is 23.3. The number of aliphatic imine (C=N–C) groups is 1. The lowest BCUT2D eigenvalue weighted by Crippen LogP contribution is -2.36. The number of nitrogens with one attached hydrogen (secondary N) is 2. The average molecular weight is 450 g/mol. The van der Waals surface area contributed by atoms with E-state index in [9.17, 15) is 14.4 Å². The Kier molecular flexibility index (Phi) is 7.21. The van der Waals surface area contributed by atoms with E-state index < -0.39 is 11.4 Å². The van der Waals surface area contributed by atoms with Crippen molar-refractivity contribution in [3.8, 4) is 0 Å². The molecule has 0 radical (unpaired) electrons. The number of carbonyl (C=O) groups is 3. The lowest BCUT2D eigenvalue weighted by atomic mass is 9.96. The fourth-order valence-corrected chi connectivity index (χ4v) is 3.95. The van der Waals surface area contributed by atoms with Crippen molar-refractivity contribution in [3.63, 3.8) is 0 Å². The van der Waals surface area contributed by atoms with Gasteiger partial charge in [-0.05, 0) is 53.9 Å². The van der Waals surface area contributed by atoms with E-state index in [1.165, 1.54) is 0 Å². The van der Waals surface area contributed by atoms with Crippen molar-refractivity contribution in [1.29, 1.82) is 0 Å². The molecule has 0 bridgehead atoms. The van der Waals surface area contributed by atoms with E-state index in [-0.39, 0.29) is 18.7 Å². The Morgan fingerprint density at radius 2 is 1.91 bits per heavy atom. The van der Waals surface area contributed by atoms with Crippen molar-refractivity contribution < 1.29 is 14.4 Å². The van der Waals surface area contributed by atoms with E-state index in [0.717, 1.165) is 34.8 Å². The number of hydrogen-bond acceptors (Lipinski definition) is 5. The number of hydrogen-bond donors (Lipinski definition) is 3. The molecule has 8 heteroatoms. The normalized spacial score (nSPS) is 15.1. The third kappa shape index (κ3) is 5.11. The van der Waals surface area contributed by atoms with Crippen LogP contribution in [0.2, 0.25) is 0 Å². The average Bonchev–Trinajstić information content (AvgIpc) is 3.56. The van der Waals surface area contributed by atoms with E-state index in [2.05, 4.69) is 30.9 Å². The Morgan fingerprint density at radius 1 is 1.19 bits per heavy atom. The van der Waals surface area contributed by atoms with Crippen molar-refractivity contribution >= 4 is 44.4 Å². The lowest BCUT2D eigenvalue weighted by molar-refractivity contribution is -0.131. The molecule has 2 aromatic carbocycles. The van der Waals surface area contributed by atoms with E-state index in [0.29, 0.717) is 16.8 Å². The van der Waals surface area contributed by atoms with Gasteiger partial charge < -0.3 is 16.4 Å². The third-order valence-electron chi connectivity index (χ3n) is 5.50. The van der Waals surface area contributed by atoms with Gasteiger partial charge in [-0.25, -0.2) is 0 Å². The summed E-state index contributed by atoms with van der Waals surface area (Å²) in [6, 6.07) is 13.1. The zero-order valence-corrected chi connectivity index (χ0v) is 19.3. The molecule has 1 aliphatic rings. The summed E-state index contributed by atoms with van der Waals surface area (Å²) in [7, 11) is 4.42. The minimum Gasteiger partial charge on any atom is -0.402 e. The predicted octanol–water partition coefficient (Wildman–Crippen LogP) is 1.81. The minimum absolute atomic E-state index is 0.0976. The quantitative estimate of drug-likeness (QED) is 0.246. The van der Waals surface area contributed by atoms with Crippen molar-refractivity contribution in [2.45, 2.75) is 31.8 Å². The van der Waals surface area contributed by atoms with Crippen LogP contribution < -0.4 is 21.7 Å². The van der Waals surface area contributed by atoms with Crippen LogP contribution in [0.15, 0.2) is 53.2 Å². The Labute approximate surface area is 189 Å². The first-order valence-electron chi connectivity index (χ1n) is 10.2. The highest BCUT2D eigenvalue weighted by atomic mass is 31.0. The molecule has 2 amide bonds. The van der Waals surface area contributed by atoms with Crippen molar-refractivity contribution in [1.82, 2.24) is 10.6 Å². The maximum Gasteiger partial charge on any atom is 0.284 e. The van der Waals surface area contributed by atoms with Crippen LogP contribution in [0.4, 0.5) is 0 Å². The molecular weight excluding hydrogens is 423 g/mol. The molecule has 1 aliphatic carbocycles. The molecule has 0 aromatic heterocycles. The first-order chi connectivity index (χ1) is 15.3. The van der Waals surface area contributed by atoms with Crippen LogP contribution in [0, 0.1) is 0 Å². The highest BCUT2D eigenvalue weighted by Gasteiger charge is 2.46. The van der Waals surface area contributed by atoms with Gasteiger partial charge >= 0.3 is 0 Å². The smallest absolute Gasteiger partial charge is 0.284 e. The number of carbonyl (C=O) groups excluding carboxylic acids is 3. The number of allylic oxidation sites excluding steroid dienone is 2. The zero-order valence-electron chi connectivity index (χ0n) is 18.1. The van der Waals surface area contributed by atoms with Crippen molar-refractivity contribution in [2.75, 3.05) is 7.05 Å². The molecule has 4 N–H and O–H groups in total. The Hall–Kier alpha value is -3.31. The molecule has 1 fully saturated rings. The third-order valence-corrected chi connectivity index (χ3v) is 6.01. The maximum atomic E-state index is 13.2. The Balaban J connectivity index is 1.88. The summed E-state index contributed by atoms with van der Waals surface area (Å²) in [5.41, 5.74) is 10.2. The molecule has 0 heterocycles. The lowest BCUT2D eigenvalue weighted by Gasteiger charge is -2.21. The topological polar surface area (TPSA) is 114 Å². The minimum atomic E-state index is -0.724. The number of benzene rings is 2. The molecular formula is C24H27N4O3P. The van der Waals surface area contributed by atoms with Crippen LogP contribution >= 0.6 is 9.24 Å². The number of nitrogens with two attached hydrogens (primary N) is 1. The van der Waals surface area contributed by atoms with Crippen LogP contribution in [0.25, 0.3) is 5.57 Å². The largest absolute Gasteiger partial charge is 0.402 e. The summed E-state index contributed by atoms with van der Waals surface area (Å²) in [4.78, 5) is 39.1. The number of rotatable bonds is 8. The monoisotopic (exact) mass is 450 g/mol. The van der Waals surface area contributed by atoms with Gasteiger partial charge in [0, 0.05) is 36.6 Å². The molecule has 0 aliphatic heterocycles. The molecule has 0 saturated heterocycles. The summed E-state index contributed by atoms with van der Waals surface area (Å²) in [5, 5.41) is 6.66. The summed E-state index contributed by atoms with van der Waals surface area (Å²) in [6.45, 7) is 1.93. The summed E-state index contributed by atoms with van der Waals surface area (Å²) >= 11 is 0. The number of nitrogens with zero attached hydrogens (tertiary/aromatic N) is 1. The summed E-state index contributed by atoms with van der Waals surface area (Å²) in [5.74, 6) is -0.950. The van der Waals surface area contributed by atoms with Gasteiger partial charge in [0.25, 0.3) is 11.8 Å². The molecule has 166 valence electrons. The van der Waals surface area contributed by atoms with Gasteiger partial charge in [-0.15, -0.1) is 9.24 Å². The molecule has 1 saturated carbocycles. The number of aldehydes is 1. The van der Waals surface area contributed by atoms with E-state index in [1.807, 2.05) is 19.1 Å². The van der Waals surface area contributed by atoms with Gasteiger partial charge in [0.05, 0.1) is 5.54 Å². The summed E-state index contributed by atoms with van der Waals surface area (Å²) in [6.07, 6.45) is 3.59. The van der Waals surface area contributed by atoms with Crippen molar-refractivity contribution in [3.05, 3.63) is 70.4 Å². The Bertz CT molecular complexity index is 1120. The second-order valence-electron chi connectivity index (χ2n) is 7.82. The Morgan fingerprint density at radius 3 is 2.53 bits per heavy atom. The molecule has 2 aromatic rings. The van der Waals surface area contributed by atoms with Crippen LogP contribution in [-0.2, 0) is 21.7 Å². The molecule has 1 unspecified atom stereocenters. The second kappa shape index (κ2) is 9.88. The standard InChI is InChI=1S/C24H27N4O3P/c1-15(25)20(13-26-2)19-11-17(7-8-21(19)32)24(9-10-24)28-23(31)18-6-4-3-5-16(18)12-27-22(30)14-29/h3-8,11,13-14H,9-10,12,25,32H2,1-2H3,(H,27,30)(H,28,31)/b20-15+,26-13?. The van der Waals surface area contributed by atoms with Crippen LogP contribution in [0.3, 0.4) is 0 Å². The van der Waals surface area contributed by atoms with Gasteiger partial charge in [0.15, 0.2) is 0 Å². The molecule has 32 heavy (non-hydrogen) atoms. The first-order valence-corrected chi connectivity index (χ1v) is 10.8. The molecule has 3 rings (SSSR count). The second-order valence-corrected chi connectivity index (χ2v) is 8.44. The fourth-order valence-electron chi connectivity index (χ4n) is 3.62. The highest BCUT2D eigenvalue weighted by Crippen LogP contribution is 2.46.